The highest BCUT2D eigenvalue weighted by molar-refractivity contribution is 5.86. The summed E-state index contributed by atoms with van der Waals surface area (Å²) in [6.07, 6.45) is 8.67. The van der Waals surface area contributed by atoms with E-state index in [0.717, 1.165) is 72.5 Å². The lowest BCUT2D eigenvalue weighted by Crippen LogP contribution is -2.23. The SMILES string of the molecule is COCCCC1CCC(C(=O)Cc2cc3cc(-c4cnc(C)o4)ccc3nn2)CC1. The Bertz CT molecular complexity index is 1010. The van der Waals surface area contributed by atoms with Gasteiger partial charge in [0.05, 0.1) is 23.8 Å². The van der Waals surface area contributed by atoms with Crippen molar-refractivity contribution in [1.29, 1.82) is 0 Å². The molecule has 30 heavy (non-hydrogen) atoms. The van der Waals surface area contributed by atoms with Crippen LogP contribution in [-0.2, 0) is 16.0 Å². The van der Waals surface area contributed by atoms with Gasteiger partial charge in [0.25, 0.3) is 0 Å². The maximum Gasteiger partial charge on any atom is 0.191 e. The number of ether oxygens (including phenoxy) is 1. The van der Waals surface area contributed by atoms with Gasteiger partial charge in [-0.2, -0.15) is 10.2 Å². The summed E-state index contributed by atoms with van der Waals surface area (Å²) in [4.78, 5) is 17.0. The fourth-order valence-corrected chi connectivity index (χ4v) is 4.43. The van der Waals surface area contributed by atoms with Crippen LogP contribution in [0.25, 0.3) is 22.2 Å². The fraction of sp³-hybridized carbons (Fsp3) is 0.500. The van der Waals surface area contributed by atoms with Gasteiger partial charge in [-0.1, -0.05) is 0 Å². The van der Waals surface area contributed by atoms with Crippen molar-refractivity contribution < 1.29 is 13.9 Å². The predicted octanol–water partition coefficient (Wildman–Crippen LogP) is 4.94. The van der Waals surface area contributed by atoms with E-state index in [-0.39, 0.29) is 5.92 Å². The number of hydrogen-bond donors (Lipinski definition) is 0. The number of nitrogens with zero attached hydrogens (tertiary/aromatic N) is 3. The van der Waals surface area contributed by atoms with E-state index in [1.165, 1.54) is 6.42 Å². The number of carbonyl (C=O) groups excluding carboxylic acids is 1. The quantitative estimate of drug-likeness (QED) is 0.492. The molecule has 2 aromatic heterocycles. The Kier molecular flexibility index (Phi) is 6.53. The Morgan fingerprint density at radius 2 is 2.00 bits per heavy atom. The third kappa shape index (κ3) is 4.93. The lowest BCUT2D eigenvalue weighted by Gasteiger charge is -2.27. The number of rotatable bonds is 8. The van der Waals surface area contributed by atoms with Crippen molar-refractivity contribution in [2.75, 3.05) is 13.7 Å². The van der Waals surface area contributed by atoms with Crippen molar-refractivity contribution in [1.82, 2.24) is 15.2 Å². The van der Waals surface area contributed by atoms with Crippen LogP contribution in [0, 0.1) is 18.8 Å². The first kappa shape index (κ1) is 20.7. The summed E-state index contributed by atoms with van der Waals surface area (Å²) in [5, 5.41) is 9.56. The van der Waals surface area contributed by atoms with Gasteiger partial charge in [0.1, 0.15) is 5.78 Å². The van der Waals surface area contributed by atoms with E-state index in [2.05, 4.69) is 15.2 Å². The minimum atomic E-state index is 0.157. The Balaban J connectivity index is 1.39. The topological polar surface area (TPSA) is 78.1 Å². The van der Waals surface area contributed by atoms with Crippen molar-refractivity contribution >= 4 is 16.7 Å². The Morgan fingerprint density at radius 3 is 2.73 bits per heavy atom. The maximum absolute atomic E-state index is 12.9. The van der Waals surface area contributed by atoms with Gasteiger partial charge in [-0.15, -0.1) is 0 Å². The monoisotopic (exact) mass is 407 g/mol. The number of fused-ring (bicyclic) bond motifs is 1. The number of oxazole rings is 1. The number of carbonyl (C=O) groups is 1. The van der Waals surface area contributed by atoms with Crippen molar-refractivity contribution in [3.8, 4) is 11.3 Å². The number of hydrogen-bond acceptors (Lipinski definition) is 6. The van der Waals surface area contributed by atoms with Crippen LogP contribution in [0.15, 0.2) is 34.9 Å². The second kappa shape index (κ2) is 9.47. The second-order valence-corrected chi connectivity index (χ2v) is 8.35. The molecule has 0 spiro atoms. The first-order valence-electron chi connectivity index (χ1n) is 10.8. The molecule has 0 atom stereocenters. The number of benzene rings is 1. The number of Topliss-reactive ketones (excluding diaryl/α,β-unsaturated/α-hetero) is 1. The Hall–Kier alpha value is -2.60. The van der Waals surface area contributed by atoms with E-state index < -0.39 is 0 Å². The second-order valence-electron chi connectivity index (χ2n) is 8.35. The molecule has 1 fully saturated rings. The van der Waals surface area contributed by atoms with Crippen molar-refractivity contribution in [2.45, 2.75) is 51.9 Å². The summed E-state index contributed by atoms with van der Waals surface area (Å²) in [5.74, 6) is 2.55. The molecule has 6 heteroatoms. The first-order chi connectivity index (χ1) is 14.6. The molecule has 0 aliphatic heterocycles. The van der Waals surface area contributed by atoms with E-state index in [0.29, 0.717) is 18.1 Å². The van der Waals surface area contributed by atoms with Crippen LogP contribution in [0.3, 0.4) is 0 Å². The van der Waals surface area contributed by atoms with Crippen LogP contribution in [0.4, 0.5) is 0 Å². The first-order valence-corrected chi connectivity index (χ1v) is 10.8. The van der Waals surface area contributed by atoms with E-state index in [4.69, 9.17) is 9.15 Å². The fourth-order valence-electron chi connectivity index (χ4n) is 4.43. The molecule has 4 rings (SSSR count). The summed E-state index contributed by atoms with van der Waals surface area (Å²) < 4.78 is 10.8. The van der Waals surface area contributed by atoms with Gasteiger partial charge < -0.3 is 9.15 Å². The van der Waals surface area contributed by atoms with E-state index in [9.17, 15) is 4.79 Å². The summed E-state index contributed by atoms with van der Waals surface area (Å²) >= 11 is 0. The van der Waals surface area contributed by atoms with Gasteiger partial charge in [0, 0.05) is 37.5 Å². The smallest absolute Gasteiger partial charge is 0.191 e. The lowest BCUT2D eigenvalue weighted by atomic mass is 9.77. The van der Waals surface area contributed by atoms with E-state index in [1.54, 1.807) is 13.3 Å². The van der Waals surface area contributed by atoms with Gasteiger partial charge >= 0.3 is 0 Å². The summed E-state index contributed by atoms with van der Waals surface area (Å²) in [7, 11) is 1.75. The van der Waals surface area contributed by atoms with E-state index in [1.807, 2.05) is 31.2 Å². The maximum atomic E-state index is 12.9. The number of aromatic nitrogens is 3. The molecule has 1 saturated carbocycles. The Morgan fingerprint density at radius 1 is 1.17 bits per heavy atom. The zero-order valence-electron chi connectivity index (χ0n) is 17.8. The standard InChI is InChI=1S/C24H29N3O3/c1-16-25-15-24(30-16)19-9-10-22-20(12-19)13-21(26-27-22)14-23(28)18-7-5-17(6-8-18)4-3-11-29-2/h9-10,12-13,15,17-18H,3-8,11,14H2,1-2H3. The summed E-state index contributed by atoms with van der Waals surface area (Å²) in [6, 6.07) is 7.87. The zero-order chi connectivity index (χ0) is 20.9. The van der Waals surface area contributed by atoms with Crippen LogP contribution in [0.2, 0.25) is 0 Å². The Labute approximate surface area is 177 Å². The molecule has 1 aliphatic carbocycles. The summed E-state index contributed by atoms with van der Waals surface area (Å²) in [5.41, 5.74) is 2.49. The van der Waals surface area contributed by atoms with Crippen LogP contribution in [-0.4, -0.2) is 34.7 Å². The average molecular weight is 408 g/mol. The van der Waals surface area contributed by atoms with Gasteiger partial charge in [-0.05, 0) is 68.7 Å². The third-order valence-corrected chi connectivity index (χ3v) is 6.16. The van der Waals surface area contributed by atoms with Gasteiger partial charge in [0.2, 0.25) is 0 Å². The molecule has 0 N–H and O–H groups in total. The predicted molar refractivity (Wildman–Crippen MR) is 115 cm³/mol. The van der Waals surface area contributed by atoms with E-state index >= 15 is 0 Å². The molecule has 0 unspecified atom stereocenters. The highest BCUT2D eigenvalue weighted by Gasteiger charge is 2.26. The molecule has 2 heterocycles. The highest BCUT2D eigenvalue weighted by atomic mass is 16.5. The van der Waals surface area contributed by atoms with Crippen molar-refractivity contribution in [3.05, 3.63) is 42.0 Å². The van der Waals surface area contributed by atoms with Crippen LogP contribution < -0.4 is 0 Å². The van der Waals surface area contributed by atoms with Crippen LogP contribution in [0.5, 0.6) is 0 Å². The third-order valence-electron chi connectivity index (χ3n) is 6.16. The summed E-state index contributed by atoms with van der Waals surface area (Å²) in [6.45, 7) is 2.66. The molecular formula is C24H29N3O3. The molecule has 1 aromatic carbocycles. The van der Waals surface area contributed by atoms with Crippen molar-refractivity contribution in [3.63, 3.8) is 0 Å². The van der Waals surface area contributed by atoms with Gasteiger partial charge in [0.15, 0.2) is 11.7 Å². The van der Waals surface area contributed by atoms with Crippen LogP contribution >= 0.6 is 0 Å². The van der Waals surface area contributed by atoms with Crippen LogP contribution in [0.1, 0.15) is 50.1 Å². The molecule has 1 aliphatic rings. The molecular weight excluding hydrogens is 378 g/mol. The lowest BCUT2D eigenvalue weighted by molar-refractivity contribution is -0.123. The minimum Gasteiger partial charge on any atom is -0.441 e. The average Bonchev–Trinajstić information content (AvgIpc) is 3.20. The molecule has 158 valence electrons. The normalized spacial score (nSPS) is 19.3. The number of ketones is 1. The molecule has 0 radical (unpaired) electrons. The van der Waals surface area contributed by atoms with Gasteiger partial charge in [-0.3, -0.25) is 4.79 Å². The zero-order valence-corrected chi connectivity index (χ0v) is 17.8. The molecule has 6 nitrogen and oxygen atoms in total. The van der Waals surface area contributed by atoms with Gasteiger partial charge in [-0.25, -0.2) is 4.98 Å². The van der Waals surface area contributed by atoms with Crippen molar-refractivity contribution in [2.24, 2.45) is 11.8 Å². The molecule has 0 amide bonds. The minimum absolute atomic E-state index is 0.157. The highest BCUT2D eigenvalue weighted by Crippen LogP contribution is 2.32. The molecule has 0 saturated heterocycles. The number of aryl methyl sites for hydroxylation is 1. The molecule has 0 bridgehead atoms. The largest absolute Gasteiger partial charge is 0.441 e. The number of methoxy groups -OCH3 is 1. The molecule has 3 aromatic rings.